The summed E-state index contributed by atoms with van der Waals surface area (Å²) in [5.41, 5.74) is 5.27. The van der Waals surface area contributed by atoms with E-state index in [1.54, 1.807) is 13.8 Å². The van der Waals surface area contributed by atoms with E-state index in [4.69, 9.17) is 5.73 Å². The summed E-state index contributed by atoms with van der Waals surface area (Å²) in [5.74, 6) is 0. The third-order valence-electron chi connectivity index (χ3n) is 2.03. The number of nitrogens with two attached hydrogens (primary N) is 1. The van der Waals surface area contributed by atoms with Crippen LogP contribution in [0, 0.1) is 0 Å². The fraction of sp³-hybridized carbons (Fsp3) is 1.00. The summed E-state index contributed by atoms with van der Waals surface area (Å²) in [5, 5.41) is -0.668. The molecule has 0 spiro atoms. The minimum absolute atomic E-state index is 0.215. The summed E-state index contributed by atoms with van der Waals surface area (Å²) in [6, 6.07) is 0. The molecule has 0 bridgehead atoms. The lowest BCUT2D eigenvalue weighted by molar-refractivity contribution is 0.568. The standard InChI is InChI=1S/C7H17NO2S/c1-4-6(2)11(9,10)7(3)5-8/h6-7H,4-5,8H2,1-3H3. The maximum atomic E-state index is 11.4. The third-order valence-corrected chi connectivity index (χ3v) is 4.80. The first-order chi connectivity index (χ1) is 4.96. The van der Waals surface area contributed by atoms with Crippen LogP contribution in [0.2, 0.25) is 0 Å². The monoisotopic (exact) mass is 179 g/mol. The van der Waals surface area contributed by atoms with Crippen LogP contribution in [-0.2, 0) is 9.84 Å². The first-order valence-corrected chi connectivity index (χ1v) is 5.50. The molecule has 0 saturated heterocycles. The highest BCUT2D eigenvalue weighted by Gasteiger charge is 2.24. The normalized spacial score (nSPS) is 17.8. The van der Waals surface area contributed by atoms with Gasteiger partial charge >= 0.3 is 0 Å². The van der Waals surface area contributed by atoms with Gasteiger partial charge in [0.15, 0.2) is 9.84 Å². The third kappa shape index (κ3) is 2.45. The van der Waals surface area contributed by atoms with Gasteiger partial charge in [-0.1, -0.05) is 6.92 Å². The van der Waals surface area contributed by atoms with Crippen LogP contribution in [0.1, 0.15) is 27.2 Å². The Balaban J connectivity index is 4.46. The Labute approximate surface area is 68.9 Å². The van der Waals surface area contributed by atoms with Crippen LogP contribution in [0.4, 0.5) is 0 Å². The summed E-state index contributed by atoms with van der Waals surface area (Å²) in [4.78, 5) is 0. The van der Waals surface area contributed by atoms with E-state index in [1.807, 2.05) is 6.92 Å². The molecule has 0 fully saturated rings. The molecular weight excluding hydrogens is 162 g/mol. The summed E-state index contributed by atoms with van der Waals surface area (Å²) in [6.07, 6.45) is 0.659. The lowest BCUT2D eigenvalue weighted by Gasteiger charge is -2.15. The number of sulfone groups is 1. The minimum Gasteiger partial charge on any atom is -0.329 e. The van der Waals surface area contributed by atoms with Gasteiger partial charge in [-0.2, -0.15) is 0 Å². The van der Waals surface area contributed by atoms with Crippen molar-refractivity contribution in [3.05, 3.63) is 0 Å². The summed E-state index contributed by atoms with van der Waals surface area (Å²) < 4.78 is 22.8. The maximum Gasteiger partial charge on any atom is 0.156 e. The Bertz CT molecular complexity index is 182. The second kappa shape index (κ2) is 4.07. The molecule has 0 aromatic rings. The van der Waals surface area contributed by atoms with Crippen molar-refractivity contribution in [1.29, 1.82) is 0 Å². The van der Waals surface area contributed by atoms with Gasteiger partial charge in [-0.25, -0.2) is 8.42 Å². The van der Waals surface area contributed by atoms with Gasteiger partial charge in [-0.05, 0) is 20.3 Å². The van der Waals surface area contributed by atoms with E-state index in [0.717, 1.165) is 0 Å². The predicted molar refractivity (Wildman–Crippen MR) is 47.2 cm³/mol. The van der Waals surface area contributed by atoms with Gasteiger partial charge < -0.3 is 5.73 Å². The Kier molecular flexibility index (Phi) is 4.03. The van der Waals surface area contributed by atoms with E-state index in [9.17, 15) is 8.42 Å². The van der Waals surface area contributed by atoms with Crippen molar-refractivity contribution in [1.82, 2.24) is 0 Å². The molecule has 2 atom stereocenters. The molecule has 0 aromatic carbocycles. The molecule has 0 amide bonds. The van der Waals surface area contributed by atoms with Gasteiger partial charge in [0.25, 0.3) is 0 Å². The van der Waals surface area contributed by atoms with Crippen molar-refractivity contribution in [2.24, 2.45) is 5.73 Å². The number of hydrogen-bond donors (Lipinski definition) is 1. The first kappa shape index (κ1) is 10.9. The zero-order chi connectivity index (χ0) is 9.07. The molecule has 0 radical (unpaired) electrons. The highest BCUT2D eigenvalue weighted by Crippen LogP contribution is 2.10. The van der Waals surface area contributed by atoms with E-state index >= 15 is 0 Å². The van der Waals surface area contributed by atoms with Gasteiger partial charge in [0, 0.05) is 6.54 Å². The van der Waals surface area contributed by atoms with Crippen molar-refractivity contribution in [2.75, 3.05) is 6.54 Å². The largest absolute Gasteiger partial charge is 0.329 e. The van der Waals surface area contributed by atoms with E-state index in [2.05, 4.69) is 0 Å². The van der Waals surface area contributed by atoms with Crippen LogP contribution in [0.5, 0.6) is 0 Å². The first-order valence-electron chi connectivity index (χ1n) is 3.89. The molecule has 0 aromatic heterocycles. The average Bonchev–Trinajstić information content (AvgIpc) is 2.01. The van der Waals surface area contributed by atoms with Gasteiger partial charge in [-0.3, -0.25) is 0 Å². The molecule has 0 saturated carbocycles. The van der Waals surface area contributed by atoms with Crippen LogP contribution in [0.25, 0.3) is 0 Å². The highest BCUT2D eigenvalue weighted by atomic mass is 32.2. The van der Waals surface area contributed by atoms with E-state index in [1.165, 1.54) is 0 Å². The highest BCUT2D eigenvalue weighted by molar-refractivity contribution is 7.92. The number of rotatable bonds is 4. The summed E-state index contributed by atoms with van der Waals surface area (Å²) in [6.45, 7) is 5.46. The number of hydrogen-bond acceptors (Lipinski definition) is 3. The van der Waals surface area contributed by atoms with Gasteiger partial charge in [0.1, 0.15) is 0 Å². The molecule has 0 aliphatic heterocycles. The molecule has 2 N–H and O–H groups in total. The molecule has 0 rings (SSSR count). The molecule has 0 heterocycles. The maximum absolute atomic E-state index is 11.4. The predicted octanol–water partition coefficient (Wildman–Crippen LogP) is 0.547. The summed E-state index contributed by atoms with van der Waals surface area (Å²) >= 11 is 0. The van der Waals surface area contributed by atoms with Gasteiger partial charge in [0.05, 0.1) is 10.5 Å². The Morgan fingerprint density at radius 3 is 2.00 bits per heavy atom. The quantitative estimate of drug-likeness (QED) is 0.685. The van der Waals surface area contributed by atoms with Crippen molar-refractivity contribution in [2.45, 2.75) is 37.7 Å². The van der Waals surface area contributed by atoms with Crippen LogP contribution in [-0.4, -0.2) is 25.5 Å². The second-order valence-electron chi connectivity index (χ2n) is 2.85. The molecule has 68 valence electrons. The van der Waals surface area contributed by atoms with Crippen LogP contribution < -0.4 is 5.73 Å². The van der Waals surface area contributed by atoms with Crippen molar-refractivity contribution < 1.29 is 8.42 Å². The Morgan fingerprint density at radius 1 is 1.27 bits per heavy atom. The lowest BCUT2D eigenvalue weighted by Crippen LogP contribution is -2.33. The Hall–Kier alpha value is -0.0900. The van der Waals surface area contributed by atoms with Crippen molar-refractivity contribution in [3.8, 4) is 0 Å². The van der Waals surface area contributed by atoms with Gasteiger partial charge in [-0.15, -0.1) is 0 Å². The Morgan fingerprint density at radius 2 is 1.73 bits per heavy atom. The molecule has 0 aliphatic carbocycles. The van der Waals surface area contributed by atoms with Crippen LogP contribution >= 0.6 is 0 Å². The van der Waals surface area contributed by atoms with E-state index in [-0.39, 0.29) is 11.8 Å². The van der Waals surface area contributed by atoms with Crippen LogP contribution in [0.3, 0.4) is 0 Å². The molecule has 3 nitrogen and oxygen atoms in total. The zero-order valence-electron chi connectivity index (χ0n) is 7.37. The second-order valence-corrected chi connectivity index (χ2v) is 5.64. The van der Waals surface area contributed by atoms with Crippen LogP contribution in [0.15, 0.2) is 0 Å². The van der Waals surface area contributed by atoms with E-state index < -0.39 is 15.1 Å². The van der Waals surface area contributed by atoms with Crippen molar-refractivity contribution >= 4 is 9.84 Å². The molecule has 2 unspecified atom stereocenters. The smallest absolute Gasteiger partial charge is 0.156 e. The fourth-order valence-corrected chi connectivity index (χ4v) is 2.29. The molecule has 11 heavy (non-hydrogen) atoms. The SMILES string of the molecule is CCC(C)S(=O)(=O)C(C)CN. The zero-order valence-corrected chi connectivity index (χ0v) is 8.19. The van der Waals surface area contributed by atoms with Gasteiger partial charge in [0.2, 0.25) is 0 Å². The van der Waals surface area contributed by atoms with E-state index in [0.29, 0.717) is 6.42 Å². The fourth-order valence-electron chi connectivity index (χ4n) is 0.763. The topological polar surface area (TPSA) is 60.2 Å². The lowest BCUT2D eigenvalue weighted by atomic mass is 10.4. The molecular formula is C7H17NO2S. The minimum atomic E-state index is -2.96. The molecule has 4 heteroatoms. The molecule has 0 aliphatic rings. The average molecular weight is 179 g/mol. The van der Waals surface area contributed by atoms with Crippen molar-refractivity contribution in [3.63, 3.8) is 0 Å². The summed E-state index contributed by atoms with van der Waals surface area (Å²) in [7, 11) is -2.96.